The van der Waals surface area contributed by atoms with E-state index >= 15 is 0 Å². The van der Waals surface area contributed by atoms with Crippen LogP contribution in [0.5, 0.6) is 0 Å². The molecule has 1 N–H and O–H groups in total. The molecule has 0 saturated heterocycles. The summed E-state index contributed by atoms with van der Waals surface area (Å²) in [6.45, 7) is 4.00. The maximum atomic E-state index is 12.8. The van der Waals surface area contributed by atoms with Crippen LogP contribution in [0.3, 0.4) is 0 Å². The van der Waals surface area contributed by atoms with Crippen molar-refractivity contribution in [3.05, 3.63) is 83.7 Å². The molecule has 1 fully saturated rings. The summed E-state index contributed by atoms with van der Waals surface area (Å²) in [7, 11) is 0. The van der Waals surface area contributed by atoms with E-state index in [0.29, 0.717) is 11.6 Å². The van der Waals surface area contributed by atoms with Gasteiger partial charge in [0.25, 0.3) is 5.91 Å². The average molecular weight is 430 g/mol. The lowest BCUT2D eigenvalue weighted by Gasteiger charge is -2.12. The molecule has 2 aliphatic rings. The van der Waals surface area contributed by atoms with Crippen molar-refractivity contribution in [3.8, 4) is 0 Å². The number of hydrogen-bond acceptors (Lipinski definition) is 4. The van der Waals surface area contributed by atoms with Gasteiger partial charge in [-0.05, 0) is 49.2 Å². The van der Waals surface area contributed by atoms with Gasteiger partial charge >= 0.3 is 0 Å². The van der Waals surface area contributed by atoms with E-state index in [2.05, 4.69) is 22.4 Å². The minimum absolute atomic E-state index is 0.0129. The van der Waals surface area contributed by atoms with Crippen LogP contribution >= 0.6 is 11.8 Å². The third kappa shape index (κ3) is 4.72. The summed E-state index contributed by atoms with van der Waals surface area (Å²) in [6, 6.07) is 20.2. The number of carbonyl (C=O) groups is 1. The van der Waals surface area contributed by atoms with Gasteiger partial charge in [-0.25, -0.2) is 4.99 Å². The third-order valence-corrected chi connectivity index (χ3v) is 6.55. The molecule has 2 aromatic carbocycles. The van der Waals surface area contributed by atoms with E-state index in [1.165, 1.54) is 12.8 Å². The van der Waals surface area contributed by atoms with E-state index in [4.69, 9.17) is 4.99 Å². The summed E-state index contributed by atoms with van der Waals surface area (Å²) in [5, 5.41) is 3.17. The van der Waals surface area contributed by atoms with Crippen LogP contribution in [-0.2, 0) is 0 Å². The van der Waals surface area contributed by atoms with Crippen molar-refractivity contribution in [2.45, 2.75) is 55.4 Å². The third-order valence-electron chi connectivity index (χ3n) is 5.41. The van der Waals surface area contributed by atoms with Gasteiger partial charge in [-0.15, -0.1) is 0 Å². The van der Waals surface area contributed by atoms with Crippen LogP contribution in [-0.4, -0.2) is 22.6 Å². The van der Waals surface area contributed by atoms with Gasteiger partial charge < -0.3 is 5.32 Å². The van der Waals surface area contributed by atoms with Crippen LogP contribution in [0.1, 0.15) is 61.1 Å². The highest BCUT2D eigenvalue weighted by Crippen LogP contribution is 2.41. The van der Waals surface area contributed by atoms with Gasteiger partial charge in [0.05, 0.1) is 17.1 Å². The van der Waals surface area contributed by atoms with Gasteiger partial charge in [0, 0.05) is 33.2 Å². The molecule has 1 saturated carbocycles. The Labute approximate surface area is 188 Å². The topological polar surface area (TPSA) is 54.4 Å². The standard InChI is InChI=1S/C24H21N3OS.C2H6/c28-24(26-17-7-1-2-8-17)16-12-13-22-20(15-16)27-23(19-10-5-6-14-25-19)18-9-3-4-11-21(18)29-22;1-2/h3-6,9-15,17H,1-2,7-8H2,(H,26,28);1-2H3. The van der Waals surface area contributed by atoms with Crippen LogP contribution in [0.4, 0.5) is 5.69 Å². The Morgan fingerprint density at radius 2 is 1.74 bits per heavy atom. The molecule has 1 amide bonds. The second-order valence-corrected chi connectivity index (χ2v) is 8.49. The molecule has 0 spiro atoms. The monoisotopic (exact) mass is 429 g/mol. The van der Waals surface area contributed by atoms with Crippen LogP contribution in [0.2, 0.25) is 0 Å². The van der Waals surface area contributed by atoms with E-state index in [-0.39, 0.29) is 5.91 Å². The van der Waals surface area contributed by atoms with Gasteiger partial charge in [0.15, 0.2) is 0 Å². The van der Waals surface area contributed by atoms with Crippen LogP contribution in [0.25, 0.3) is 0 Å². The summed E-state index contributed by atoms with van der Waals surface area (Å²) >= 11 is 1.68. The Bertz CT molecular complexity index is 1090. The zero-order valence-electron chi connectivity index (χ0n) is 18.0. The number of benzene rings is 2. The number of aromatic nitrogens is 1. The first kappa shape index (κ1) is 21.3. The molecule has 0 atom stereocenters. The highest BCUT2D eigenvalue weighted by molar-refractivity contribution is 7.99. The molecule has 3 aromatic rings. The number of nitrogens with zero attached hydrogens (tertiary/aromatic N) is 2. The van der Waals surface area contributed by atoms with E-state index < -0.39 is 0 Å². The van der Waals surface area contributed by atoms with Crippen molar-refractivity contribution in [1.29, 1.82) is 0 Å². The van der Waals surface area contributed by atoms with Gasteiger partial charge in [-0.3, -0.25) is 9.78 Å². The molecule has 1 aliphatic heterocycles. The van der Waals surface area contributed by atoms with Gasteiger partial charge in [-0.2, -0.15) is 0 Å². The number of fused-ring (bicyclic) bond motifs is 2. The molecule has 5 heteroatoms. The Balaban J connectivity index is 0.00000112. The predicted molar refractivity (Wildman–Crippen MR) is 128 cm³/mol. The smallest absolute Gasteiger partial charge is 0.251 e. The summed E-state index contributed by atoms with van der Waals surface area (Å²) in [5.74, 6) is -0.0129. The fourth-order valence-electron chi connectivity index (χ4n) is 3.92. The van der Waals surface area contributed by atoms with Crippen LogP contribution < -0.4 is 5.32 Å². The molecule has 5 rings (SSSR count). The lowest BCUT2D eigenvalue weighted by atomic mass is 10.1. The highest BCUT2D eigenvalue weighted by Gasteiger charge is 2.22. The summed E-state index contributed by atoms with van der Waals surface area (Å²) < 4.78 is 0. The van der Waals surface area contributed by atoms with E-state index in [1.807, 2.05) is 62.4 Å². The minimum Gasteiger partial charge on any atom is -0.349 e. The Morgan fingerprint density at radius 3 is 2.52 bits per heavy atom. The maximum Gasteiger partial charge on any atom is 0.251 e. The molecule has 1 aliphatic carbocycles. The molecule has 31 heavy (non-hydrogen) atoms. The second kappa shape index (κ2) is 9.92. The van der Waals surface area contributed by atoms with Gasteiger partial charge in [-0.1, -0.05) is 62.7 Å². The molecule has 4 nitrogen and oxygen atoms in total. The first-order valence-corrected chi connectivity index (χ1v) is 11.8. The SMILES string of the molecule is CC.O=C(NC1CCCC1)c1ccc2c(c1)N=C(c1ccccn1)c1ccccc1S2. The molecule has 2 heterocycles. The molecule has 0 unspecified atom stereocenters. The van der Waals surface area contributed by atoms with Gasteiger partial charge in [0.1, 0.15) is 0 Å². The summed E-state index contributed by atoms with van der Waals surface area (Å²) in [5.41, 5.74) is 4.19. The zero-order chi connectivity index (χ0) is 21.6. The average Bonchev–Trinajstić information content (AvgIpc) is 3.27. The molecular weight excluding hydrogens is 402 g/mol. The fraction of sp³-hybridized carbons (Fsp3) is 0.269. The number of amides is 1. The lowest BCUT2D eigenvalue weighted by molar-refractivity contribution is 0.0938. The van der Waals surface area contributed by atoms with Crippen molar-refractivity contribution < 1.29 is 4.79 Å². The number of hydrogen-bond donors (Lipinski definition) is 1. The number of carbonyl (C=O) groups excluding carboxylic acids is 1. The molecule has 0 bridgehead atoms. The normalized spacial score (nSPS) is 15.0. The Kier molecular flexibility index (Phi) is 6.82. The van der Waals surface area contributed by atoms with E-state index in [9.17, 15) is 4.79 Å². The zero-order valence-corrected chi connectivity index (χ0v) is 18.8. The number of rotatable bonds is 3. The van der Waals surface area contributed by atoms with Crippen molar-refractivity contribution in [1.82, 2.24) is 10.3 Å². The number of nitrogens with one attached hydrogen (secondary N) is 1. The van der Waals surface area contributed by atoms with E-state index in [0.717, 1.165) is 45.3 Å². The van der Waals surface area contributed by atoms with Crippen molar-refractivity contribution in [2.24, 2.45) is 4.99 Å². The van der Waals surface area contributed by atoms with Crippen LogP contribution in [0, 0.1) is 0 Å². The number of aliphatic imine (C=N–C) groups is 1. The molecule has 0 radical (unpaired) electrons. The second-order valence-electron chi connectivity index (χ2n) is 7.41. The van der Waals surface area contributed by atoms with Crippen molar-refractivity contribution in [2.75, 3.05) is 0 Å². The predicted octanol–water partition coefficient (Wildman–Crippen LogP) is 6.41. The first-order chi connectivity index (χ1) is 15.3. The van der Waals surface area contributed by atoms with Crippen molar-refractivity contribution in [3.63, 3.8) is 0 Å². The molecule has 1 aromatic heterocycles. The van der Waals surface area contributed by atoms with Gasteiger partial charge in [0.2, 0.25) is 0 Å². The fourth-order valence-corrected chi connectivity index (χ4v) is 4.92. The summed E-state index contributed by atoms with van der Waals surface area (Å²) in [6.07, 6.45) is 6.32. The van der Waals surface area contributed by atoms with Crippen LogP contribution in [0.15, 0.2) is 81.6 Å². The highest BCUT2D eigenvalue weighted by atomic mass is 32.2. The minimum atomic E-state index is -0.0129. The Hall–Kier alpha value is -2.92. The Morgan fingerprint density at radius 1 is 0.968 bits per heavy atom. The quantitative estimate of drug-likeness (QED) is 0.409. The number of pyridine rings is 1. The van der Waals surface area contributed by atoms with E-state index in [1.54, 1.807) is 18.0 Å². The first-order valence-electron chi connectivity index (χ1n) is 11.0. The molecular formula is C26H27N3OS. The maximum absolute atomic E-state index is 12.8. The summed E-state index contributed by atoms with van der Waals surface area (Å²) in [4.78, 5) is 24.4. The largest absolute Gasteiger partial charge is 0.349 e. The lowest BCUT2D eigenvalue weighted by Crippen LogP contribution is -2.32. The van der Waals surface area contributed by atoms with Crippen molar-refractivity contribution >= 4 is 29.1 Å². The molecule has 158 valence electrons.